The molecule has 0 amide bonds. The van der Waals surface area contributed by atoms with Gasteiger partial charge in [-0.25, -0.2) is 4.79 Å². The van der Waals surface area contributed by atoms with Gasteiger partial charge in [-0.1, -0.05) is 22.0 Å². The topological polar surface area (TPSA) is 49.3 Å². The van der Waals surface area contributed by atoms with Crippen LogP contribution < -0.4 is 5.32 Å². The molecular formula is C10H9Br2NO2. The highest BCUT2D eigenvalue weighted by Crippen LogP contribution is 2.25. The van der Waals surface area contributed by atoms with Crippen LogP contribution in [0.2, 0.25) is 0 Å². The highest BCUT2D eigenvalue weighted by Gasteiger charge is 1.98. The van der Waals surface area contributed by atoms with Gasteiger partial charge in [0.05, 0.1) is 0 Å². The fourth-order valence-corrected chi connectivity index (χ4v) is 2.15. The molecule has 0 bridgehead atoms. The molecule has 2 N–H and O–H groups in total. The Labute approximate surface area is 104 Å². The van der Waals surface area contributed by atoms with Crippen molar-refractivity contribution < 1.29 is 9.90 Å². The molecule has 80 valence electrons. The summed E-state index contributed by atoms with van der Waals surface area (Å²) in [6.45, 7) is 0.479. The Balaban J connectivity index is 2.54. The molecule has 0 saturated heterocycles. The fourth-order valence-electron chi connectivity index (χ4n) is 0.961. The first-order valence-electron chi connectivity index (χ1n) is 4.18. The van der Waals surface area contributed by atoms with E-state index in [1.807, 2.05) is 18.2 Å². The van der Waals surface area contributed by atoms with E-state index >= 15 is 0 Å². The van der Waals surface area contributed by atoms with Crippen LogP contribution in [0.1, 0.15) is 0 Å². The van der Waals surface area contributed by atoms with Crippen LogP contribution in [0.5, 0.6) is 0 Å². The number of aliphatic carboxylic acids is 1. The minimum Gasteiger partial charge on any atom is -0.478 e. The summed E-state index contributed by atoms with van der Waals surface area (Å²) >= 11 is 6.74. The van der Waals surface area contributed by atoms with E-state index in [4.69, 9.17) is 5.11 Å². The Morgan fingerprint density at radius 2 is 2.20 bits per heavy atom. The molecule has 1 aromatic rings. The summed E-state index contributed by atoms with van der Waals surface area (Å²) in [5.74, 6) is -0.938. The van der Waals surface area contributed by atoms with E-state index in [1.54, 1.807) is 6.08 Å². The number of carboxylic acids is 1. The molecule has 0 aliphatic rings. The Hall–Kier alpha value is -0.810. The first-order valence-corrected chi connectivity index (χ1v) is 5.76. The quantitative estimate of drug-likeness (QED) is 0.831. The molecular weight excluding hydrogens is 326 g/mol. The Bertz CT molecular complexity index is 391. The van der Waals surface area contributed by atoms with Crippen molar-refractivity contribution in [2.45, 2.75) is 0 Å². The summed E-state index contributed by atoms with van der Waals surface area (Å²) in [6.07, 6.45) is 2.66. The van der Waals surface area contributed by atoms with Gasteiger partial charge < -0.3 is 10.4 Å². The molecule has 0 saturated carbocycles. The number of halogens is 2. The maximum atomic E-state index is 10.2. The van der Waals surface area contributed by atoms with Gasteiger partial charge in [0.2, 0.25) is 0 Å². The minimum absolute atomic E-state index is 0.479. The molecule has 0 aliphatic carbocycles. The van der Waals surface area contributed by atoms with Crippen LogP contribution in [0.25, 0.3) is 0 Å². The third kappa shape index (κ3) is 4.48. The maximum absolute atomic E-state index is 10.2. The highest BCUT2D eigenvalue weighted by molar-refractivity contribution is 9.11. The van der Waals surface area contributed by atoms with Gasteiger partial charge in [0, 0.05) is 27.3 Å². The average Bonchev–Trinajstić information content (AvgIpc) is 2.14. The number of rotatable bonds is 4. The second-order valence-corrected chi connectivity index (χ2v) is 4.52. The molecule has 0 atom stereocenters. The van der Waals surface area contributed by atoms with Crippen LogP contribution in [0, 0.1) is 0 Å². The van der Waals surface area contributed by atoms with Crippen LogP contribution in [0.4, 0.5) is 5.69 Å². The Morgan fingerprint density at radius 3 is 2.80 bits per heavy atom. The molecule has 0 aromatic heterocycles. The van der Waals surface area contributed by atoms with E-state index in [0.29, 0.717) is 6.54 Å². The smallest absolute Gasteiger partial charge is 0.328 e. The largest absolute Gasteiger partial charge is 0.478 e. The van der Waals surface area contributed by atoms with Gasteiger partial charge in [-0.15, -0.1) is 0 Å². The molecule has 1 rings (SSSR count). The molecule has 0 fully saturated rings. The van der Waals surface area contributed by atoms with Gasteiger partial charge >= 0.3 is 5.97 Å². The zero-order valence-electron chi connectivity index (χ0n) is 7.71. The molecule has 0 spiro atoms. The number of carboxylic acid groups (broad SMARTS) is 1. The zero-order valence-corrected chi connectivity index (χ0v) is 10.9. The van der Waals surface area contributed by atoms with Gasteiger partial charge in [-0.05, 0) is 34.1 Å². The summed E-state index contributed by atoms with van der Waals surface area (Å²) < 4.78 is 1.92. The lowest BCUT2D eigenvalue weighted by molar-refractivity contribution is -0.131. The summed E-state index contributed by atoms with van der Waals surface area (Å²) in [5.41, 5.74) is 0.924. The summed E-state index contributed by atoms with van der Waals surface area (Å²) in [7, 11) is 0. The van der Waals surface area contributed by atoms with E-state index < -0.39 is 5.97 Å². The van der Waals surface area contributed by atoms with E-state index in [1.165, 1.54) is 0 Å². The summed E-state index contributed by atoms with van der Waals surface area (Å²) in [6, 6.07) is 5.74. The third-order valence-electron chi connectivity index (χ3n) is 1.60. The SMILES string of the molecule is O=C(O)/C=C/CNc1ccc(Br)cc1Br. The lowest BCUT2D eigenvalue weighted by atomic mass is 10.3. The molecule has 5 heteroatoms. The average molecular weight is 335 g/mol. The molecule has 1 aromatic carbocycles. The van der Waals surface area contributed by atoms with E-state index in [9.17, 15) is 4.79 Å². The van der Waals surface area contributed by atoms with Crippen LogP contribution in [0.3, 0.4) is 0 Å². The fraction of sp³-hybridized carbons (Fsp3) is 0.100. The number of carbonyl (C=O) groups is 1. The van der Waals surface area contributed by atoms with Crippen LogP contribution >= 0.6 is 31.9 Å². The lowest BCUT2D eigenvalue weighted by Gasteiger charge is -2.05. The monoisotopic (exact) mass is 333 g/mol. The second kappa shape index (κ2) is 5.92. The normalized spacial score (nSPS) is 10.5. The zero-order chi connectivity index (χ0) is 11.3. The van der Waals surface area contributed by atoms with Crippen molar-refractivity contribution in [1.29, 1.82) is 0 Å². The number of hydrogen-bond donors (Lipinski definition) is 2. The first-order chi connectivity index (χ1) is 7.09. The van der Waals surface area contributed by atoms with Gasteiger partial charge in [0.1, 0.15) is 0 Å². The van der Waals surface area contributed by atoms with Crippen molar-refractivity contribution in [3.63, 3.8) is 0 Å². The van der Waals surface area contributed by atoms with E-state index in [-0.39, 0.29) is 0 Å². The van der Waals surface area contributed by atoms with E-state index in [0.717, 1.165) is 20.7 Å². The van der Waals surface area contributed by atoms with Crippen molar-refractivity contribution in [1.82, 2.24) is 0 Å². The van der Waals surface area contributed by atoms with E-state index in [2.05, 4.69) is 37.2 Å². The molecule has 15 heavy (non-hydrogen) atoms. The molecule has 0 heterocycles. The van der Waals surface area contributed by atoms with Crippen LogP contribution in [0.15, 0.2) is 39.3 Å². The van der Waals surface area contributed by atoms with Crippen molar-refractivity contribution >= 4 is 43.5 Å². The van der Waals surface area contributed by atoms with Crippen LogP contribution in [-0.4, -0.2) is 17.6 Å². The highest BCUT2D eigenvalue weighted by atomic mass is 79.9. The summed E-state index contributed by atoms with van der Waals surface area (Å²) in [5, 5.41) is 11.4. The van der Waals surface area contributed by atoms with Crippen molar-refractivity contribution in [3.05, 3.63) is 39.3 Å². The van der Waals surface area contributed by atoms with Crippen molar-refractivity contribution in [2.24, 2.45) is 0 Å². The second-order valence-electron chi connectivity index (χ2n) is 2.75. The van der Waals surface area contributed by atoms with Gasteiger partial charge in [0.25, 0.3) is 0 Å². The maximum Gasteiger partial charge on any atom is 0.328 e. The lowest BCUT2D eigenvalue weighted by Crippen LogP contribution is -2.00. The van der Waals surface area contributed by atoms with Gasteiger partial charge in [-0.2, -0.15) is 0 Å². The molecule has 0 radical (unpaired) electrons. The number of nitrogens with one attached hydrogen (secondary N) is 1. The molecule has 3 nitrogen and oxygen atoms in total. The van der Waals surface area contributed by atoms with Crippen molar-refractivity contribution in [2.75, 3.05) is 11.9 Å². The summed E-state index contributed by atoms with van der Waals surface area (Å²) in [4.78, 5) is 10.2. The standard InChI is InChI=1S/C10H9Br2NO2/c11-7-3-4-9(8(12)6-7)13-5-1-2-10(14)15/h1-4,6,13H,5H2,(H,14,15)/b2-1+. The number of hydrogen-bond acceptors (Lipinski definition) is 2. The van der Waals surface area contributed by atoms with Gasteiger partial charge in [0.15, 0.2) is 0 Å². The van der Waals surface area contributed by atoms with Crippen LogP contribution in [-0.2, 0) is 4.79 Å². The Kier molecular flexibility index (Phi) is 4.84. The minimum atomic E-state index is -0.938. The first kappa shape index (κ1) is 12.3. The molecule has 0 unspecified atom stereocenters. The number of benzene rings is 1. The Morgan fingerprint density at radius 1 is 1.47 bits per heavy atom. The third-order valence-corrected chi connectivity index (χ3v) is 2.75. The van der Waals surface area contributed by atoms with Gasteiger partial charge in [-0.3, -0.25) is 0 Å². The number of anilines is 1. The predicted octanol–water partition coefficient (Wildman–Crippen LogP) is 3.26. The molecule has 0 aliphatic heterocycles. The van der Waals surface area contributed by atoms with Crippen molar-refractivity contribution in [3.8, 4) is 0 Å². The predicted molar refractivity (Wildman–Crippen MR) is 67.1 cm³/mol.